The maximum absolute atomic E-state index is 13.4. The van der Waals surface area contributed by atoms with Gasteiger partial charge in [0.25, 0.3) is 11.8 Å². The number of carbonyl (C=O) groups is 2. The van der Waals surface area contributed by atoms with Gasteiger partial charge in [0.2, 0.25) is 0 Å². The third-order valence-electron chi connectivity index (χ3n) is 7.28. The molecule has 33 heavy (non-hydrogen) atoms. The normalized spacial score (nSPS) is 23.8. The number of aryl methyl sites for hydroxylation is 1. The van der Waals surface area contributed by atoms with E-state index in [0.29, 0.717) is 11.3 Å². The molecular formula is C27H37N3O3. The molecule has 1 aromatic carbocycles. The number of hydrogen-bond donors (Lipinski definition) is 0. The molecule has 6 heteroatoms. The van der Waals surface area contributed by atoms with Gasteiger partial charge in [-0.25, -0.2) is 0 Å². The van der Waals surface area contributed by atoms with Crippen LogP contribution in [0.25, 0.3) is 0 Å². The smallest absolute Gasteiger partial charge is 0.260 e. The molecule has 3 atom stereocenters. The lowest BCUT2D eigenvalue weighted by Gasteiger charge is -2.38. The quantitative estimate of drug-likeness (QED) is 0.646. The molecule has 4 rings (SSSR count). The van der Waals surface area contributed by atoms with Crippen molar-refractivity contribution in [2.75, 3.05) is 13.2 Å². The van der Waals surface area contributed by atoms with E-state index >= 15 is 0 Å². The Balaban J connectivity index is 1.41. The van der Waals surface area contributed by atoms with Crippen LogP contribution in [0, 0.1) is 0 Å². The molecular weight excluding hydrogens is 414 g/mol. The van der Waals surface area contributed by atoms with Crippen molar-refractivity contribution in [3.05, 3.63) is 53.9 Å². The molecule has 0 aliphatic carbocycles. The molecule has 3 heterocycles. The van der Waals surface area contributed by atoms with Gasteiger partial charge < -0.3 is 19.1 Å². The van der Waals surface area contributed by atoms with Crippen molar-refractivity contribution in [3.8, 4) is 5.75 Å². The summed E-state index contributed by atoms with van der Waals surface area (Å²) >= 11 is 0. The topological polar surface area (TPSA) is 54.8 Å². The van der Waals surface area contributed by atoms with Crippen LogP contribution >= 0.6 is 0 Å². The van der Waals surface area contributed by atoms with Gasteiger partial charge in [-0.2, -0.15) is 0 Å². The average Bonchev–Trinajstić information content (AvgIpc) is 3.08. The molecule has 2 aromatic rings. The average molecular weight is 452 g/mol. The minimum atomic E-state index is 0.0314. The van der Waals surface area contributed by atoms with Gasteiger partial charge in [0, 0.05) is 43.1 Å². The van der Waals surface area contributed by atoms with Crippen LogP contribution in [-0.2, 0) is 11.8 Å². The number of aromatic nitrogens is 1. The van der Waals surface area contributed by atoms with Crippen molar-refractivity contribution in [1.82, 2.24) is 14.4 Å². The Morgan fingerprint density at radius 3 is 2.33 bits per heavy atom. The number of benzene rings is 1. The summed E-state index contributed by atoms with van der Waals surface area (Å²) in [5.41, 5.74) is 1.85. The van der Waals surface area contributed by atoms with E-state index in [1.165, 1.54) is 12.1 Å². The Hall–Kier alpha value is -2.76. The van der Waals surface area contributed by atoms with Gasteiger partial charge in [0.15, 0.2) is 6.61 Å². The van der Waals surface area contributed by atoms with Crippen LogP contribution < -0.4 is 4.74 Å². The summed E-state index contributed by atoms with van der Waals surface area (Å²) in [4.78, 5) is 30.2. The molecule has 2 saturated heterocycles. The first-order valence-electron chi connectivity index (χ1n) is 12.4. The summed E-state index contributed by atoms with van der Waals surface area (Å²) in [7, 11) is 2.04. The van der Waals surface area contributed by atoms with Crippen LogP contribution in [0.4, 0.5) is 0 Å². The number of ether oxygens (including phenoxy) is 1. The highest BCUT2D eigenvalue weighted by Gasteiger charge is 2.30. The number of carbonyl (C=O) groups excluding carboxylic acids is 2. The predicted octanol–water partition coefficient (Wildman–Crippen LogP) is 4.95. The molecule has 0 radical (unpaired) electrons. The summed E-state index contributed by atoms with van der Waals surface area (Å²) in [6.07, 6.45) is 9.62. The zero-order valence-corrected chi connectivity index (χ0v) is 20.2. The molecule has 0 bridgehead atoms. The predicted molar refractivity (Wildman–Crippen MR) is 129 cm³/mol. The van der Waals surface area contributed by atoms with Gasteiger partial charge in [-0.3, -0.25) is 9.59 Å². The molecule has 0 N–H and O–H groups in total. The monoisotopic (exact) mass is 451 g/mol. The van der Waals surface area contributed by atoms with Crippen molar-refractivity contribution in [2.45, 2.75) is 76.9 Å². The summed E-state index contributed by atoms with van der Waals surface area (Å²) in [5.74, 6) is 0.707. The number of amides is 2. The van der Waals surface area contributed by atoms with E-state index in [1.807, 2.05) is 41.2 Å². The second kappa shape index (κ2) is 10.4. The number of piperidine rings is 1. The van der Waals surface area contributed by atoms with Crippen molar-refractivity contribution in [2.24, 2.45) is 7.05 Å². The molecule has 0 unspecified atom stereocenters. The van der Waals surface area contributed by atoms with Gasteiger partial charge in [-0.15, -0.1) is 0 Å². The third-order valence-corrected chi connectivity index (χ3v) is 7.28. The zero-order chi connectivity index (χ0) is 23.4. The standard InChI is InChI=1S/C27H37N3O3/c1-20-9-7-10-21(2)30(20)26(31)19-33-23-15-13-22(14-16-23)27(32)29-18-6-4-5-11-25(29)24-12-8-17-28(24)3/h8,12-17,20-21,25H,4-7,9-11,18-19H2,1-3H3/t20-,21-,25+/m1/s1. The molecule has 6 nitrogen and oxygen atoms in total. The maximum Gasteiger partial charge on any atom is 0.260 e. The van der Waals surface area contributed by atoms with E-state index in [0.717, 1.165) is 45.1 Å². The molecule has 2 aliphatic rings. The Labute approximate surface area is 197 Å². The van der Waals surface area contributed by atoms with E-state index < -0.39 is 0 Å². The van der Waals surface area contributed by atoms with Crippen molar-refractivity contribution >= 4 is 11.8 Å². The number of nitrogens with zero attached hydrogens (tertiary/aromatic N) is 3. The maximum atomic E-state index is 13.4. The molecule has 2 fully saturated rings. The summed E-state index contributed by atoms with van der Waals surface area (Å²) in [5, 5.41) is 0. The van der Waals surface area contributed by atoms with Gasteiger partial charge in [0.1, 0.15) is 5.75 Å². The number of hydrogen-bond acceptors (Lipinski definition) is 3. The van der Waals surface area contributed by atoms with E-state index in [2.05, 4.69) is 24.5 Å². The minimum Gasteiger partial charge on any atom is -0.484 e. The second-order valence-electron chi connectivity index (χ2n) is 9.65. The van der Waals surface area contributed by atoms with Crippen LogP contribution in [0.2, 0.25) is 0 Å². The van der Waals surface area contributed by atoms with Crippen LogP contribution in [0.1, 0.15) is 80.9 Å². The summed E-state index contributed by atoms with van der Waals surface area (Å²) in [6.45, 7) is 5.02. The Morgan fingerprint density at radius 2 is 1.67 bits per heavy atom. The number of likely N-dealkylation sites (tertiary alicyclic amines) is 2. The molecule has 178 valence electrons. The lowest BCUT2D eigenvalue weighted by Crippen LogP contribution is -2.49. The summed E-state index contributed by atoms with van der Waals surface area (Å²) < 4.78 is 7.91. The van der Waals surface area contributed by atoms with Crippen molar-refractivity contribution < 1.29 is 14.3 Å². The van der Waals surface area contributed by atoms with E-state index in [9.17, 15) is 9.59 Å². The Bertz CT molecular complexity index is 942. The van der Waals surface area contributed by atoms with Crippen LogP contribution in [0.15, 0.2) is 42.6 Å². The Kier molecular flexibility index (Phi) is 7.41. The van der Waals surface area contributed by atoms with Crippen LogP contribution in [0.5, 0.6) is 5.75 Å². The minimum absolute atomic E-state index is 0.0314. The van der Waals surface area contributed by atoms with Gasteiger partial charge in [-0.1, -0.05) is 12.8 Å². The largest absolute Gasteiger partial charge is 0.484 e. The fourth-order valence-electron chi connectivity index (χ4n) is 5.47. The third kappa shape index (κ3) is 5.26. The first-order valence-corrected chi connectivity index (χ1v) is 12.4. The fourth-order valence-corrected chi connectivity index (χ4v) is 5.47. The van der Waals surface area contributed by atoms with Crippen LogP contribution in [0.3, 0.4) is 0 Å². The van der Waals surface area contributed by atoms with Gasteiger partial charge >= 0.3 is 0 Å². The zero-order valence-electron chi connectivity index (χ0n) is 20.2. The first kappa shape index (κ1) is 23.4. The second-order valence-corrected chi connectivity index (χ2v) is 9.65. The lowest BCUT2D eigenvalue weighted by molar-refractivity contribution is -0.139. The van der Waals surface area contributed by atoms with E-state index in [1.54, 1.807) is 12.1 Å². The van der Waals surface area contributed by atoms with E-state index in [-0.39, 0.29) is 36.5 Å². The highest BCUT2D eigenvalue weighted by Crippen LogP contribution is 2.32. The highest BCUT2D eigenvalue weighted by atomic mass is 16.5. The molecule has 2 aliphatic heterocycles. The first-order chi connectivity index (χ1) is 16.0. The number of rotatable bonds is 5. The highest BCUT2D eigenvalue weighted by molar-refractivity contribution is 5.94. The van der Waals surface area contributed by atoms with Crippen molar-refractivity contribution in [1.29, 1.82) is 0 Å². The van der Waals surface area contributed by atoms with E-state index in [4.69, 9.17) is 4.74 Å². The fraction of sp³-hybridized carbons (Fsp3) is 0.556. The van der Waals surface area contributed by atoms with Gasteiger partial charge in [0.05, 0.1) is 6.04 Å². The van der Waals surface area contributed by atoms with Crippen molar-refractivity contribution in [3.63, 3.8) is 0 Å². The molecule has 0 spiro atoms. The summed E-state index contributed by atoms with van der Waals surface area (Å²) in [6, 6.07) is 12.0. The molecule has 1 aromatic heterocycles. The SMILES string of the molecule is C[C@@H]1CCC[C@@H](C)N1C(=O)COc1ccc(C(=O)N2CCCCC[C@H]2c2cccn2C)cc1. The lowest BCUT2D eigenvalue weighted by atomic mass is 9.97. The van der Waals surface area contributed by atoms with Crippen LogP contribution in [-0.4, -0.2) is 51.4 Å². The Morgan fingerprint density at radius 1 is 0.939 bits per heavy atom. The van der Waals surface area contributed by atoms with Gasteiger partial charge in [-0.05, 0) is 82.3 Å². The molecule has 2 amide bonds. The molecule has 0 saturated carbocycles.